The number of amides is 1. The van der Waals surface area contributed by atoms with Gasteiger partial charge in [-0.1, -0.05) is 18.5 Å². The summed E-state index contributed by atoms with van der Waals surface area (Å²) in [4.78, 5) is 17.1. The molecule has 0 spiro atoms. The lowest BCUT2D eigenvalue weighted by atomic mass is 9.92. The molecule has 0 unspecified atom stereocenters. The Morgan fingerprint density at radius 2 is 1.95 bits per heavy atom. The quantitative estimate of drug-likeness (QED) is 0.299. The Morgan fingerprint density at radius 3 is 2.62 bits per heavy atom. The van der Waals surface area contributed by atoms with E-state index in [1.807, 2.05) is 6.92 Å². The molecule has 1 aliphatic heterocycles. The number of benzene rings is 2. The van der Waals surface area contributed by atoms with Crippen molar-refractivity contribution in [3.63, 3.8) is 0 Å². The number of carbonyl (C=O) groups excluding carboxylic acids is 1. The van der Waals surface area contributed by atoms with Crippen LogP contribution in [0.4, 0.5) is 17.6 Å². The monoisotopic (exact) mass is 562 g/mol. The lowest BCUT2D eigenvalue weighted by Gasteiger charge is -2.31. The maximum atomic E-state index is 14.4. The molecule has 0 fully saturated rings. The summed E-state index contributed by atoms with van der Waals surface area (Å²) in [5, 5.41) is 18.2. The molecule has 5 rings (SSSR count). The fourth-order valence-electron chi connectivity index (χ4n) is 4.58. The van der Waals surface area contributed by atoms with Gasteiger partial charge in [0.1, 0.15) is 17.3 Å². The van der Waals surface area contributed by atoms with Crippen LogP contribution in [0.5, 0.6) is 5.75 Å². The number of nitrogens with zero attached hydrogens (tertiary/aromatic N) is 3. The van der Waals surface area contributed by atoms with Gasteiger partial charge in [0.25, 0.3) is 5.91 Å². The molecule has 0 saturated carbocycles. The van der Waals surface area contributed by atoms with Gasteiger partial charge in [-0.3, -0.25) is 9.48 Å². The van der Waals surface area contributed by atoms with E-state index in [1.54, 1.807) is 11.6 Å². The van der Waals surface area contributed by atoms with Crippen molar-refractivity contribution < 1.29 is 32.2 Å². The summed E-state index contributed by atoms with van der Waals surface area (Å²) in [5.74, 6) is -1.43. The van der Waals surface area contributed by atoms with Gasteiger partial charge < -0.3 is 15.2 Å². The molecule has 7 nitrogen and oxygen atoms in total. The second-order valence-corrected chi connectivity index (χ2v) is 9.80. The third kappa shape index (κ3) is 4.70. The fraction of sp³-hybridized carbons (Fsp3) is 0.296. The highest BCUT2D eigenvalue weighted by Crippen LogP contribution is 2.45. The SMILES string of the molecule is CCn1ncc2cc(C(=O)NC[C@](O)(c3cc4c(c(-c5ccc(F)cc5)n3)OC[C@H]4C)C(F)(F)F)cc(Cl)c21. The Labute approximate surface area is 225 Å². The van der Waals surface area contributed by atoms with Crippen LogP contribution in [0.1, 0.15) is 41.4 Å². The summed E-state index contributed by atoms with van der Waals surface area (Å²) in [6.07, 6.45) is -3.71. The van der Waals surface area contributed by atoms with Gasteiger partial charge in [-0.2, -0.15) is 18.3 Å². The molecule has 3 heterocycles. The topological polar surface area (TPSA) is 89.3 Å². The van der Waals surface area contributed by atoms with Gasteiger partial charge >= 0.3 is 6.18 Å². The Morgan fingerprint density at radius 1 is 1.23 bits per heavy atom. The molecule has 0 saturated heterocycles. The van der Waals surface area contributed by atoms with Gasteiger partial charge in [0, 0.05) is 34.5 Å². The fourth-order valence-corrected chi connectivity index (χ4v) is 4.91. The molecule has 12 heteroatoms. The van der Waals surface area contributed by atoms with E-state index < -0.39 is 35.7 Å². The average molecular weight is 563 g/mol. The van der Waals surface area contributed by atoms with Crippen LogP contribution in [0.25, 0.3) is 22.2 Å². The number of carbonyl (C=O) groups is 1. The number of aryl methyl sites for hydroxylation is 1. The van der Waals surface area contributed by atoms with Crippen LogP contribution >= 0.6 is 11.6 Å². The largest absolute Gasteiger partial charge is 0.490 e. The number of ether oxygens (including phenoxy) is 1. The van der Waals surface area contributed by atoms with Gasteiger partial charge in [0.2, 0.25) is 5.60 Å². The number of fused-ring (bicyclic) bond motifs is 2. The average Bonchev–Trinajstić information content (AvgIpc) is 3.50. The predicted octanol–water partition coefficient (Wildman–Crippen LogP) is 5.59. The smallest absolute Gasteiger partial charge is 0.424 e. The highest BCUT2D eigenvalue weighted by atomic mass is 35.5. The lowest BCUT2D eigenvalue weighted by molar-refractivity contribution is -0.265. The third-order valence-corrected chi connectivity index (χ3v) is 7.06. The number of hydrogen-bond acceptors (Lipinski definition) is 5. The summed E-state index contributed by atoms with van der Waals surface area (Å²) >= 11 is 6.33. The first-order valence-electron chi connectivity index (χ1n) is 12.1. The van der Waals surface area contributed by atoms with Crippen molar-refractivity contribution in [1.82, 2.24) is 20.1 Å². The van der Waals surface area contributed by atoms with E-state index in [0.717, 1.165) is 18.2 Å². The molecule has 2 N–H and O–H groups in total. The summed E-state index contributed by atoms with van der Waals surface area (Å²) in [5.41, 5.74) is -2.91. The van der Waals surface area contributed by atoms with Crippen molar-refractivity contribution in [3.8, 4) is 17.0 Å². The number of nitrogens with one attached hydrogen (secondary N) is 1. The molecular formula is C27H23ClF4N4O3. The Balaban J connectivity index is 1.52. The highest BCUT2D eigenvalue weighted by Gasteiger charge is 2.57. The molecule has 0 aliphatic carbocycles. The van der Waals surface area contributed by atoms with Gasteiger partial charge in [-0.05, 0) is 49.4 Å². The van der Waals surface area contributed by atoms with E-state index in [2.05, 4.69) is 15.4 Å². The van der Waals surface area contributed by atoms with E-state index in [9.17, 15) is 27.5 Å². The zero-order chi connectivity index (χ0) is 28.1. The number of alkyl halides is 3. The maximum Gasteiger partial charge on any atom is 0.424 e. The maximum absolute atomic E-state index is 14.4. The number of pyridine rings is 1. The zero-order valence-corrected chi connectivity index (χ0v) is 21.6. The number of aliphatic hydroxyl groups is 1. The van der Waals surface area contributed by atoms with Crippen molar-refractivity contribution in [2.45, 2.75) is 38.1 Å². The molecule has 2 aromatic heterocycles. The first kappa shape index (κ1) is 26.9. The predicted molar refractivity (Wildman–Crippen MR) is 136 cm³/mol. The van der Waals surface area contributed by atoms with Gasteiger partial charge in [-0.25, -0.2) is 9.37 Å². The standard InChI is InChI=1S/C27H23ClF4N4O3/c1-3-36-23-17(11-34-36)8-16(9-20(23)28)25(37)33-13-26(38,27(30,31)32)21-10-19-14(2)12-39-24(19)22(35-21)15-4-6-18(29)7-5-15/h4-11,14,38H,3,12-13H2,1-2H3,(H,33,37)/t14-,26+/m1/s1. The minimum atomic E-state index is -5.21. The molecular weight excluding hydrogens is 540 g/mol. The Kier molecular flexibility index (Phi) is 6.76. The summed E-state index contributed by atoms with van der Waals surface area (Å²) in [7, 11) is 0. The normalized spacial score (nSPS) is 16.6. The first-order chi connectivity index (χ1) is 18.4. The summed E-state index contributed by atoms with van der Waals surface area (Å²) in [6.45, 7) is 3.14. The van der Waals surface area contributed by atoms with Gasteiger partial charge in [0.05, 0.1) is 35.6 Å². The molecule has 204 valence electrons. The molecule has 0 bridgehead atoms. The molecule has 1 amide bonds. The molecule has 1 aliphatic rings. The lowest BCUT2D eigenvalue weighted by Crippen LogP contribution is -2.51. The van der Waals surface area contributed by atoms with Gasteiger partial charge in [0.15, 0.2) is 0 Å². The minimum absolute atomic E-state index is 0.00335. The van der Waals surface area contributed by atoms with E-state index >= 15 is 0 Å². The highest BCUT2D eigenvalue weighted by molar-refractivity contribution is 6.35. The van der Waals surface area contributed by atoms with Crippen LogP contribution in [0.3, 0.4) is 0 Å². The van der Waals surface area contributed by atoms with Crippen LogP contribution in [0, 0.1) is 5.82 Å². The zero-order valence-electron chi connectivity index (χ0n) is 20.8. The first-order valence-corrected chi connectivity index (χ1v) is 12.5. The minimum Gasteiger partial charge on any atom is -0.490 e. The van der Waals surface area contributed by atoms with Crippen LogP contribution in [-0.4, -0.2) is 45.1 Å². The second kappa shape index (κ2) is 9.80. The molecule has 2 atom stereocenters. The number of halogens is 5. The van der Waals surface area contributed by atoms with Crippen molar-refractivity contribution in [1.29, 1.82) is 0 Å². The van der Waals surface area contributed by atoms with Crippen LogP contribution in [0.15, 0.2) is 48.7 Å². The molecule has 2 aromatic carbocycles. The Bertz CT molecular complexity index is 1570. The molecule has 0 radical (unpaired) electrons. The number of hydrogen-bond donors (Lipinski definition) is 2. The van der Waals surface area contributed by atoms with Gasteiger partial charge in [-0.15, -0.1) is 0 Å². The number of aromatic nitrogens is 3. The third-order valence-electron chi connectivity index (χ3n) is 6.77. The summed E-state index contributed by atoms with van der Waals surface area (Å²) < 4.78 is 64.1. The molecule has 4 aromatic rings. The van der Waals surface area contributed by atoms with Crippen molar-refractivity contribution in [2.24, 2.45) is 0 Å². The van der Waals surface area contributed by atoms with E-state index in [4.69, 9.17) is 16.3 Å². The van der Waals surface area contributed by atoms with Crippen molar-refractivity contribution in [3.05, 3.63) is 76.3 Å². The molecule has 39 heavy (non-hydrogen) atoms. The van der Waals surface area contributed by atoms with Crippen LogP contribution < -0.4 is 10.1 Å². The summed E-state index contributed by atoms with van der Waals surface area (Å²) in [6, 6.07) is 8.96. The van der Waals surface area contributed by atoms with Crippen molar-refractivity contribution >= 4 is 28.4 Å². The van der Waals surface area contributed by atoms with Crippen LogP contribution in [0.2, 0.25) is 5.02 Å². The number of rotatable bonds is 6. The second-order valence-electron chi connectivity index (χ2n) is 9.39. The Hall–Kier alpha value is -3.70. The van der Waals surface area contributed by atoms with E-state index in [1.165, 1.54) is 30.5 Å². The van der Waals surface area contributed by atoms with Crippen LogP contribution in [-0.2, 0) is 12.1 Å². The van der Waals surface area contributed by atoms with E-state index in [0.29, 0.717) is 28.6 Å². The van der Waals surface area contributed by atoms with Crippen molar-refractivity contribution in [2.75, 3.05) is 13.2 Å². The van der Waals surface area contributed by atoms with E-state index in [-0.39, 0.29) is 34.6 Å².